The molecular formula is C16H26N2O. The maximum atomic E-state index is 5.82. The number of likely N-dealkylation sites (N-methyl/N-ethyl adjacent to an activating group) is 1. The van der Waals surface area contributed by atoms with E-state index in [-0.39, 0.29) is 0 Å². The molecule has 106 valence electrons. The van der Waals surface area contributed by atoms with Crippen LogP contribution in [0.3, 0.4) is 0 Å². The van der Waals surface area contributed by atoms with Gasteiger partial charge in [0.2, 0.25) is 0 Å². The van der Waals surface area contributed by atoms with Crippen LogP contribution in [-0.4, -0.2) is 33.4 Å². The van der Waals surface area contributed by atoms with Crippen LogP contribution in [0.2, 0.25) is 0 Å². The van der Waals surface area contributed by atoms with Crippen molar-refractivity contribution in [3.8, 4) is 0 Å². The fraction of sp³-hybridized carbons (Fsp3) is 0.625. The second-order valence-electron chi connectivity index (χ2n) is 5.52. The Hall–Kier alpha value is -1.06. The molecule has 1 aliphatic heterocycles. The van der Waals surface area contributed by atoms with Gasteiger partial charge in [-0.2, -0.15) is 0 Å². The van der Waals surface area contributed by atoms with Crippen molar-refractivity contribution in [2.75, 3.05) is 32.1 Å². The van der Waals surface area contributed by atoms with Crippen LogP contribution >= 0.6 is 0 Å². The molecule has 1 N–H and O–H groups in total. The topological polar surface area (TPSA) is 24.5 Å². The van der Waals surface area contributed by atoms with Gasteiger partial charge in [0, 0.05) is 32.4 Å². The summed E-state index contributed by atoms with van der Waals surface area (Å²) < 4.78 is 5.82. The number of ether oxygens (including phenoxy) is 1. The van der Waals surface area contributed by atoms with Gasteiger partial charge in [0.05, 0.1) is 6.10 Å². The average molecular weight is 262 g/mol. The van der Waals surface area contributed by atoms with Crippen LogP contribution in [0.4, 0.5) is 5.69 Å². The quantitative estimate of drug-likeness (QED) is 0.883. The first kappa shape index (κ1) is 14.4. The minimum absolute atomic E-state index is 0.398. The third kappa shape index (κ3) is 3.95. The maximum absolute atomic E-state index is 5.82. The molecular weight excluding hydrogens is 236 g/mol. The minimum atomic E-state index is 0.398. The molecule has 0 aliphatic carbocycles. The van der Waals surface area contributed by atoms with E-state index in [9.17, 15) is 0 Å². The molecule has 0 radical (unpaired) electrons. The standard InChI is InChI=1S/C16H26N2O/c1-13-10-14(11-17-2)7-8-16(13)18(3)12-15-6-4-5-9-19-15/h7-8,10,15,17H,4-6,9,11-12H2,1-3H3. The van der Waals surface area contributed by atoms with Crippen molar-refractivity contribution in [2.24, 2.45) is 0 Å². The average Bonchev–Trinajstić information content (AvgIpc) is 2.40. The number of aryl methyl sites for hydroxylation is 1. The monoisotopic (exact) mass is 262 g/mol. The van der Waals surface area contributed by atoms with Crippen LogP contribution in [-0.2, 0) is 11.3 Å². The number of hydrogen-bond donors (Lipinski definition) is 1. The van der Waals surface area contributed by atoms with Gasteiger partial charge in [0.15, 0.2) is 0 Å². The van der Waals surface area contributed by atoms with Crippen LogP contribution in [0.5, 0.6) is 0 Å². The summed E-state index contributed by atoms with van der Waals surface area (Å²) >= 11 is 0. The predicted octanol–water partition coefficient (Wildman–Crippen LogP) is 2.72. The normalized spacial score (nSPS) is 19.4. The Morgan fingerprint density at radius 2 is 2.21 bits per heavy atom. The van der Waals surface area contributed by atoms with Crippen molar-refractivity contribution in [3.63, 3.8) is 0 Å². The summed E-state index contributed by atoms with van der Waals surface area (Å²) in [6, 6.07) is 6.70. The zero-order chi connectivity index (χ0) is 13.7. The van der Waals surface area contributed by atoms with E-state index in [0.29, 0.717) is 6.10 Å². The predicted molar refractivity (Wildman–Crippen MR) is 80.8 cm³/mol. The first-order chi connectivity index (χ1) is 9.20. The molecule has 0 bridgehead atoms. The first-order valence-electron chi connectivity index (χ1n) is 7.27. The molecule has 1 saturated heterocycles. The van der Waals surface area contributed by atoms with Gasteiger partial charge in [-0.05, 0) is 50.4 Å². The molecule has 1 fully saturated rings. The minimum Gasteiger partial charge on any atom is -0.376 e. The molecule has 1 heterocycles. The van der Waals surface area contributed by atoms with Crippen molar-refractivity contribution >= 4 is 5.69 Å². The number of nitrogens with zero attached hydrogens (tertiary/aromatic N) is 1. The molecule has 1 unspecified atom stereocenters. The van der Waals surface area contributed by atoms with E-state index in [4.69, 9.17) is 4.74 Å². The molecule has 3 heteroatoms. The Labute approximate surface area is 116 Å². The van der Waals surface area contributed by atoms with Gasteiger partial charge < -0.3 is 15.0 Å². The highest BCUT2D eigenvalue weighted by Crippen LogP contribution is 2.22. The highest BCUT2D eigenvalue weighted by molar-refractivity contribution is 5.54. The van der Waals surface area contributed by atoms with Crippen molar-refractivity contribution in [1.29, 1.82) is 0 Å². The van der Waals surface area contributed by atoms with Crippen LogP contribution in [0.15, 0.2) is 18.2 Å². The third-order valence-corrected chi connectivity index (χ3v) is 3.80. The summed E-state index contributed by atoms with van der Waals surface area (Å²) in [6.45, 7) is 5.04. The second-order valence-corrected chi connectivity index (χ2v) is 5.52. The maximum Gasteiger partial charge on any atom is 0.0749 e. The van der Waals surface area contributed by atoms with Crippen LogP contribution in [0, 0.1) is 6.92 Å². The van der Waals surface area contributed by atoms with E-state index in [1.807, 2.05) is 7.05 Å². The van der Waals surface area contributed by atoms with Gasteiger partial charge in [-0.3, -0.25) is 0 Å². The molecule has 0 spiro atoms. The molecule has 1 aromatic carbocycles. The van der Waals surface area contributed by atoms with Gasteiger partial charge in [-0.1, -0.05) is 12.1 Å². The third-order valence-electron chi connectivity index (χ3n) is 3.80. The number of anilines is 1. The second kappa shape index (κ2) is 6.92. The zero-order valence-electron chi connectivity index (χ0n) is 12.4. The molecule has 0 saturated carbocycles. The van der Waals surface area contributed by atoms with Gasteiger partial charge >= 0.3 is 0 Å². The Kier molecular flexibility index (Phi) is 5.23. The molecule has 0 aromatic heterocycles. The lowest BCUT2D eigenvalue weighted by Crippen LogP contribution is -2.33. The SMILES string of the molecule is CNCc1ccc(N(C)CC2CCCCO2)c(C)c1. The summed E-state index contributed by atoms with van der Waals surface area (Å²) in [5.41, 5.74) is 3.99. The molecule has 2 rings (SSSR count). The lowest BCUT2D eigenvalue weighted by molar-refractivity contribution is 0.0216. The molecule has 0 amide bonds. The molecule has 1 aliphatic rings. The lowest BCUT2D eigenvalue weighted by Gasteiger charge is -2.29. The van der Waals surface area contributed by atoms with Crippen LogP contribution < -0.4 is 10.2 Å². The van der Waals surface area contributed by atoms with E-state index < -0.39 is 0 Å². The summed E-state index contributed by atoms with van der Waals surface area (Å²) in [6.07, 6.45) is 4.12. The number of benzene rings is 1. The number of hydrogen-bond acceptors (Lipinski definition) is 3. The number of rotatable bonds is 5. The van der Waals surface area contributed by atoms with Gasteiger partial charge in [-0.25, -0.2) is 0 Å². The highest BCUT2D eigenvalue weighted by atomic mass is 16.5. The van der Waals surface area contributed by atoms with E-state index >= 15 is 0 Å². The van der Waals surface area contributed by atoms with Crippen LogP contribution in [0.1, 0.15) is 30.4 Å². The van der Waals surface area contributed by atoms with E-state index in [0.717, 1.165) is 19.7 Å². The van der Waals surface area contributed by atoms with Crippen molar-refractivity contribution < 1.29 is 4.74 Å². The summed E-state index contributed by atoms with van der Waals surface area (Å²) in [7, 11) is 4.15. The van der Waals surface area contributed by atoms with Gasteiger partial charge in [0.1, 0.15) is 0 Å². The fourth-order valence-corrected chi connectivity index (χ4v) is 2.82. The Bertz CT molecular complexity index is 400. The van der Waals surface area contributed by atoms with Crippen molar-refractivity contribution in [3.05, 3.63) is 29.3 Å². The summed E-state index contributed by atoms with van der Waals surface area (Å²) in [5.74, 6) is 0. The smallest absolute Gasteiger partial charge is 0.0749 e. The van der Waals surface area contributed by atoms with E-state index in [1.165, 1.54) is 36.1 Å². The summed E-state index contributed by atoms with van der Waals surface area (Å²) in [4.78, 5) is 2.33. The van der Waals surface area contributed by atoms with E-state index in [1.54, 1.807) is 0 Å². The molecule has 1 atom stereocenters. The van der Waals surface area contributed by atoms with Crippen molar-refractivity contribution in [1.82, 2.24) is 5.32 Å². The van der Waals surface area contributed by atoms with E-state index in [2.05, 4.69) is 42.4 Å². The van der Waals surface area contributed by atoms with Crippen molar-refractivity contribution in [2.45, 2.75) is 38.8 Å². The zero-order valence-corrected chi connectivity index (χ0v) is 12.4. The Morgan fingerprint density at radius 3 is 2.84 bits per heavy atom. The lowest BCUT2D eigenvalue weighted by atomic mass is 10.1. The molecule has 19 heavy (non-hydrogen) atoms. The molecule has 1 aromatic rings. The van der Waals surface area contributed by atoms with Gasteiger partial charge in [0.25, 0.3) is 0 Å². The highest BCUT2D eigenvalue weighted by Gasteiger charge is 2.16. The Morgan fingerprint density at radius 1 is 1.37 bits per heavy atom. The first-order valence-corrected chi connectivity index (χ1v) is 7.27. The molecule has 3 nitrogen and oxygen atoms in total. The fourth-order valence-electron chi connectivity index (χ4n) is 2.82. The summed E-state index contributed by atoms with van der Waals surface area (Å²) in [5, 5.41) is 3.19. The van der Waals surface area contributed by atoms with Gasteiger partial charge in [-0.15, -0.1) is 0 Å². The largest absolute Gasteiger partial charge is 0.376 e. The number of nitrogens with one attached hydrogen (secondary N) is 1. The van der Waals surface area contributed by atoms with Crippen LogP contribution in [0.25, 0.3) is 0 Å². The Balaban J connectivity index is 1.99.